The van der Waals surface area contributed by atoms with Crippen molar-refractivity contribution < 1.29 is 57.4 Å². The number of hydrogen-bond acceptors (Lipinski definition) is 15. The van der Waals surface area contributed by atoms with Crippen molar-refractivity contribution in [2.45, 2.75) is 225 Å². The Hall–Kier alpha value is -7.23. The zero-order valence-corrected chi connectivity index (χ0v) is 65.2. The second kappa shape index (κ2) is 43.4. The first kappa shape index (κ1) is 85.7. The number of anilines is 1. The highest BCUT2D eigenvalue weighted by atomic mass is 32.2. The van der Waals surface area contributed by atoms with Crippen LogP contribution in [0.3, 0.4) is 0 Å². The summed E-state index contributed by atoms with van der Waals surface area (Å²) < 4.78 is 12.3. The van der Waals surface area contributed by atoms with E-state index in [-0.39, 0.29) is 128 Å². The standard InChI is InChI=1S/C84H121N7O12S/c1-14-57(7)79(89(11)83(100)68(55(3)4)51-73(95)78(56(5)6)88(9)10)74(102-12)52-76(96)90-45-27-34-70(90)80(103-13)58(8)81(98)87-69(47-61-30-21-17-22-31-61)72(94)48-62-39-41-66(42-40-62)86-82(99)64(32-24-25-43-85)50-71(93)65(46-60-28-19-16-20-29-60)49-67(92)33-23-18-26-44-91-77(97)53-75(84(91)101)104-54-63-37-35-59(15-2)36-38-63/h16-17,19-22,28-31,35-42,55-58,64-65,68-70,74-75,78-80H,14-15,18,23-27,32-34,43-54,85H2,1-13H3,(H,86,99)(H,87,98)/t57-,58+,64+,65+,68-,69?,70-,74+,75?,78-,79-,80+/m0/s1. The molecule has 0 spiro atoms. The van der Waals surface area contributed by atoms with Crippen molar-refractivity contribution in [3.05, 3.63) is 137 Å². The van der Waals surface area contributed by atoms with Gasteiger partial charge in [-0.2, -0.15) is 0 Å². The lowest BCUT2D eigenvalue weighted by Gasteiger charge is -2.41. The number of nitrogens with one attached hydrogen (secondary N) is 2. The van der Waals surface area contributed by atoms with Crippen molar-refractivity contribution in [3.8, 4) is 0 Å². The van der Waals surface area contributed by atoms with Crippen LogP contribution in [-0.2, 0) is 88.9 Å². The van der Waals surface area contributed by atoms with Crippen molar-refractivity contribution in [2.75, 3.05) is 60.3 Å². The van der Waals surface area contributed by atoms with Gasteiger partial charge in [0.05, 0.1) is 54.0 Å². The number of carbonyl (C=O) groups excluding carboxylic acids is 10. The predicted molar refractivity (Wildman–Crippen MR) is 412 cm³/mol. The molecule has 12 atom stereocenters. The van der Waals surface area contributed by atoms with Crippen LogP contribution in [-0.4, -0.2) is 175 Å². The number of Topliss-reactive ketones (excluding diaryl/α,β-unsaturated/α-hetero) is 4. The maximum absolute atomic E-state index is 14.7. The van der Waals surface area contributed by atoms with Gasteiger partial charge in [-0.3, -0.25) is 57.7 Å². The summed E-state index contributed by atoms with van der Waals surface area (Å²) in [6, 6.07) is 32.0. The van der Waals surface area contributed by atoms with Crippen molar-refractivity contribution in [3.63, 3.8) is 0 Å². The van der Waals surface area contributed by atoms with Crippen LogP contribution in [0.25, 0.3) is 0 Å². The van der Waals surface area contributed by atoms with Crippen LogP contribution in [0.2, 0.25) is 0 Å². The second-order valence-corrected chi connectivity index (χ2v) is 31.2. The van der Waals surface area contributed by atoms with Gasteiger partial charge in [0.25, 0.3) is 0 Å². The smallest absolute Gasteiger partial charge is 0.242 e. The zero-order valence-electron chi connectivity index (χ0n) is 64.4. The molecular weight excluding hydrogens is 1330 g/mol. The lowest BCUT2D eigenvalue weighted by Crippen LogP contribution is -2.55. The summed E-state index contributed by atoms with van der Waals surface area (Å²) >= 11 is 1.50. The predicted octanol–water partition coefficient (Wildman–Crippen LogP) is 11.9. The van der Waals surface area contributed by atoms with Crippen LogP contribution >= 0.6 is 11.8 Å². The number of nitrogens with two attached hydrogens (primary N) is 1. The summed E-state index contributed by atoms with van der Waals surface area (Å²) in [6.07, 6.45) is 5.81. The number of carbonyl (C=O) groups is 10. The van der Waals surface area contributed by atoms with Crippen LogP contribution in [0, 0.1) is 41.4 Å². The van der Waals surface area contributed by atoms with Crippen LogP contribution in [0.1, 0.15) is 180 Å². The highest BCUT2D eigenvalue weighted by Crippen LogP contribution is 2.34. The Balaban J connectivity index is 1.07. The molecule has 104 heavy (non-hydrogen) atoms. The molecular formula is C84H121N7O12S. The molecule has 6 rings (SSSR count). The van der Waals surface area contributed by atoms with E-state index in [9.17, 15) is 47.9 Å². The monoisotopic (exact) mass is 1450 g/mol. The highest BCUT2D eigenvalue weighted by Gasteiger charge is 2.44. The number of unbranched alkanes of at least 4 members (excludes halogenated alkanes) is 3. The average Bonchev–Trinajstić information content (AvgIpc) is 1.43. The first-order chi connectivity index (χ1) is 49.7. The van der Waals surface area contributed by atoms with Crippen LogP contribution in [0.4, 0.5) is 5.69 Å². The number of likely N-dealkylation sites (N-methyl/N-ethyl adjacent to an activating group) is 2. The average molecular weight is 1450 g/mol. The minimum absolute atomic E-state index is 0.0156. The van der Waals surface area contributed by atoms with Gasteiger partial charge in [-0.15, -0.1) is 11.8 Å². The van der Waals surface area contributed by atoms with Crippen molar-refractivity contribution in [1.82, 2.24) is 24.9 Å². The molecule has 6 amide bonds. The molecule has 4 aromatic rings. The number of ether oxygens (including phenoxy) is 2. The third-order valence-electron chi connectivity index (χ3n) is 21.4. The molecule has 2 aliphatic rings. The number of aryl methyl sites for hydroxylation is 1. The van der Waals surface area contributed by atoms with Crippen molar-refractivity contribution >= 4 is 76.0 Å². The number of methoxy groups -OCH3 is 2. The van der Waals surface area contributed by atoms with Crippen LogP contribution in [0.5, 0.6) is 0 Å². The van der Waals surface area contributed by atoms with Gasteiger partial charge in [-0.05, 0) is 136 Å². The first-order valence-corrected chi connectivity index (χ1v) is 39.2. The van der Waals surface area contributed by atoms with Gasteiger partial charge in [-0.25, -0.2) is 0 Å². The van der Waals surface area contributed by atoms with Crippen molar-refractivity contribution in [2.24, 2.45) is 47.2 Å². The fourth-order valence-electron chi connectivity index (χ4n) is 15.1. The molecule has 19 nitrogen and oxygen atoms in total. The van der Waals surface area contributed by atoms with Gasteiger partial charge in [0.15, 0.2) is 11.6 Å². The Morgan fingerprint density at radius 3 is 1.88 bits per heavy atom. The second-order valence-electron chi connectivity index (χ2n) is 30.0. The van der Waals surface area contributed by atoms with Gasteiger partial charge in [0, 0.05) is 102 Å². The number of thioether (sulfide) groups is 1. The number of nitrogens with zero attached hydrogens (tertiary/aromatic N) is 4. The SMILES string of the molecule is CCc1ccc(CSC2CC(=O)N(CCCCCC(=O)C[C@@H](Cc3ccccc3)C(=O)C[C@@H](CCCCN)C(=O)Nc3ccc(CC(=O)C(Cc4ccccc4)NC(=O)[C@H](C)[C@@H](OC)[C@@H]4CCCN4C(=O)C[C@@H](OC)[C@H]([C@@H](C)CC)N(C)C(=O)[C@@H](CC(=O)[C@H](C(C)C)N(C)C)C(C)C)cc3)C2=O)cc1. The lowest BCUT2D eigenvalue weighted by molar-refractivity contribution is -0.149. The minimum atomic E-state index is -0.944. The van der Waals surface area contributed by atoms with E-state index in [4.69, 9.17) is 15.2 Å². The third-order valence-corrected chi connectivity index (χ3v) is 22.7. The molecule has 20 heteroatoms. The van der Waals surface area contributed by atoms with Crippen LogP contribution < -0.4 is 16.4 Å². The van der Waals surface area contributed by atoms with Gasteiger partial charge < -0.3 is 35.6 Å². The summed E-state index contributed by atoms with van der Waals surface area (Å²) in [5.74, 6) is -4.16. The molecule has 2 aliphatic heterocycles. The molecule has 0 saturated carbocycles. The van der Waals surface area contributed by atoms with E-state index in [2.05, 4.69) is 41.8 Å². The number of hydrogen-bond donors (Lipinski definition) is 3. The molecule has 2 unspecified atom stereocenters. The number of rotatable bonds is 47. The van der Waals surface area contributed by atoms with Crippen molar-refractivity contribution in [1.29, 1.82) is 0 Å². The summed E-state index contributed by atoms with van der Waals surface area (Å²) in [5.41, 5.74) is 11.1. The molecule has 0 bridgehead atoms. The number of ketones is 4. The number of imide groups is 1. The normalized spacial score (nSPS) is 17.6. The summed E-state index contributed by atoms with van der Waals surface area (Å²) in [6.45, 7) is 17.0. The summed E-state index contributed by atoms with van der Waals surface area (Å²) in [7, 11) is 8.61. The molecule has 2 heterocycles. The maximum atomic E-state index is 14.7. The van der Waals surface area contributed by atoms with E-state index in [0.717, 1.165) is 23.1 Å². The molecule has 0 radical (unpaired) electrons. The van der Waals surface area contributed by atoms with Crippen LogP contribution in [0.15, 0.2) is 109 Å². The maximum Gasteiger partial charge on any atom is 0.242 e. The quantitative estimate of drug-likeness (QED) is 0.0275. The summed E-state index contributed by atoms with van der Waals surface area (Å²) in [5, 5.41) is 5.69. The fourth-order valence-corrected chi connectivity index (χ4v) is 16.3. The first-order valence-electron chi connectivity index (χ1n) is 38.1. The fraction of sp³-hybridized carbons (Fsp3) is 0.595. The van der Waals surface area contributed by atoms with Gasteiger partial charge in [0.2, 0.25) is 35.4 Å². The van der Waals surface area contributed by atoms with E-state index in [1.54, 1.807) is 55.1 Å². The molecule has 4 N–H and O–H groups in total. The molecule has 2 fully saturated rings. The topological polar surface area (TPSA) is 252 Å². The highest BCUT2D eigenvalue weighted by molar-refractivity contribution is 7.99. The Morgan fingerprint density at radius 1 is 0.654 bits per heavy atom. The Morgan fingerprint density at radius 2 is 1.29 bits per heavy atom. The largest absolute Gasteiger partial charge is 0.379 e. The Labute approximate surface area is 624 Å². The molecule has 0 aliphatic carbocycles. The van der Waals surface area contributed by atoms with E-state index in [1.165, 1.54) is 29.3 Å². The Bertz CT molecular complexity index is 3400. The summed E-state index contributed by atoms with van der Waals surface area (Å²) in [4.78, 5) is 148. The third kappa shape index (κ3) is 25.5. The molecule has 4 aromatic carbocycles. The van der Waals surface area contributed by atoms with E-state index >= 15 is 0 Å². The lowest BCUT2D eigenvalue weighted by atomic mass is 9.83. The number of likely N-dealkylation sites (tertiary alicyclic amines) is 2. The molecule has 2 saturated heterocycles. The van der Waals surface area contributed by atoms with Gasteiger partial charge in [0.1, 0.15) is 11.6 Å². The van der Waals surface area contributed by atoms with E-state index in [0.29, 0.717) is 101 Å². The molecule has 0 aromatic heterocycles. The van der Waals surface area contributed by atoms with E-state index in [1.807, 2.05) is 121 Å². The van der Waals surface area contributed by atoms with Gasteiger partial charge >= 0.3 is 0 Å². The number of amides is 6. The number of benzene rings is 4. The Kier molecular flexibility index (Phi) is 35.8. The van der Waals surface area contributed by atoms with Gasteiger partial charge in [-0.1, -0.05) is 172 Å². The zero-order chi connectivity index (χ0) is 76.2. The minimum Gasteiger partial charge on any atom is -0.379 e. The molecule has 570 valence electrons. The van der Waals surface area contributed by atoms with E-state index < -0.39 is 65.2 Å².